The van der Waals surface area contributed by atoms with Gasteiger partial charge < -0.3 is 15.0 Å². The lowest BCUT2D eigenvalue weighted by atomic mass is 10.1. The summed E-state index contributed by atoms with van der Waals surface area (Å²) < 4.78 is 4.71. The second-order valence-electron chi connectivity index (χ2n) is 5.97. The summed E-state index contributed by atoms with van der Waals surface area (Å²) in [7, 11) is 1.40. The first-order chi connectivity index (χ1) is 10.1. The number of benzene rings is 1. The zero-order chi connectivity index (χ0) is 15.2. The zero-order valence-electron chi connectivity index (χ0n) is 13.3. The number of hydrogen-bond acceptors (Lipinski definition) is 4. The molecule has 4 heteroatoms. The molecule has 1 aliphatic rings. The van der Waals surface area contributed by atoms with Crippen LogP contribution >= 0.6 is 0 Å². The number of ether oxygens (including phenoxy) is 1. The largest absolute Gasteiger partial charge is 0.465 e. The van der Waals surface area contributed by atoms with Crippen LogP contribution in [0.15, 0.2) is 24.3 Å². The molecular weight excluding hydrogens is 264 g/mol. The highest BCUT2D eigenvalue weighted by Gasteiger charge is 2.18. The molecule has 0 amide bonds. The Kier molecular flexibility index (Phi) is 5.62. The molecule has 1 aromatic carbocycles. The van der Waals surface area contributed by atoms with Crippen molar-refractivity contribution in [3.63, 3.8) is 0 Å². The van der Waals surface area contributed by atoms with E-state index in [0.717, 1.165) is 18.7 Å². The van der Waals surface area contributed by atoms with E-state index < -0.39 is 0 Å². The van der Waals surface area contributed by atoms with Crippen molar-refractivity contribution < 1.29 is 9.53 Å². The van der Waals surface area contributed by atoms with E-state index in [1.807, 2.05) is 24.3 Å². The number of methoxy groups -OCH3 is 1. The lowest BCUT2D eigenvalue weighted by molar-refractivity contribution is 0.0601. The molecule has 1 aromatic rings. The lowest BCUT2D eigenvalue weighted by Crippen LogP contribution is -2.32. The van der Waals surface area contributed by atoms with E-state index in [9.17, 15) is 4.79 Å². The smallest absolute Gasteiger partial charge is 0.337 e. The topological polar surface area (TPSA) is 41.6 Å². The molecule has 0 spiro atoms. The molecule has 1 N–H and O–H groups in total. The number of esters is 1. The number of likely N-dealkylation sites (tertiary alicyclic amines) is 1. The Hall–Kier alpha value is -1.55. The van der Waals surface area contributed by atoms with Gasteiger partial charge in [-0.25, -0.2) is 4.79 Å². The van der Waals surface area contributed by atoms with Gasteiger partial charge in [-0.15, -0.1) is 0 Å². The number of carbonyl (C=O) groups excluding carboxylic acids is 1. The van der Waals surface area contributed by atoms with Gasteiger partial charge in [-0.05, 0) is 63.9 Å². The summed E-state index contributed by atoms with van der Waals surface area (Å²) in [4.78, 5) is 14.0. The Morgan fingerprint density at radius 2 is 1.95 bits per heavy atom. The van der Waals surface area contributed by atoms with Gasteiger partial charge in [0.25, 0.3) is 0 Å². The summed E-state index contributed by atoms with van der Waals surface area (Å²) in [6.07, 6.45) is 3.59. The van der Waals surface area contributed by atoms with Gasteiger partial charge >= 0.3 is 5.97 Å². The molecular formula is C17H26N2O2. The van der Waals surface area contributed by atoms with Crippen molar-refractivity contribution in [3.05, 3.63) is 29.8 Å². The second kappa shape index (κ2) is 7.46. The lowest BCUT2D eigenvalue weighted by Gasteiger charge is -2.24. The van der Waals surface area contributed by atoms with Crippen LogP contribution in [0.3, 0.4) is 0 Å². The van der Waals surface area contributed by atoms with Gasteiger partial charge in [0, 0.05) is 24.3 Å². The first-order valence-electron chi connectivity index (χ1n) is 7.79. The second-order valence-corrected chi connectivity index (χ2v) is 5.97. The van der Waals surface area contributed by atoms with Crippen molar-refractivity contribution in [2.24, 2.45) is 0 Å². The average molecular weight is 290 g/mol. The van der Waals surface area contributed by atoms with Gasteiger partial charge in [-0.1, -0.05) is 0 Å². The summed E-state index contributed by atoms with van der Waals surface area (Å²) >= 11 is 0. The molecule has 0 aliphatic carbocycles. The van der Waals surface area contributed by atoms with Crippen LogP contribution in [0.25, 0.3) is 0 Å². The van der Waals surface area contributed by atoms with Crippen molar-refractivity contribution >= 4 is 11.7 Å². The summed E-state index contributed by atoms with van der Waals surface area (Å²) in [5.74, 6) is -0.288. The fourth-order valence-corrected chi connectivity index (χ4v) is 2.84. The number of hydrogen-bond donors (Lipinski definition) is 1. The summed E-state index contributed by atoms with van der Waals surface area (Å²) in [5.41, 5.74) is 1.67. The standard InChI is InChI=1S/C17H26N2O2/c1-13(2)19-11-4-5-15(10-12-19)18-16-8-6-14(7-9-16)17(20)21-3/h6-9,13,15,18H,4-5,10-12H2,1-3H3. The highest BCUT2D eigenvalue weighted by molar-refractivity contribution is 5.89. The molecule has 1 atom stereocenters. The summed E-state index contributed by atoms with van der Waals surface area (Å²) in [5, 5.41) is 3.59. The molecule has 1 aliphatic heterocycles. The predicted octanol–water partition coefficient (Wildman–Crippen LogP) is 3.15. The number of carbonyl (C=O) groups is 1. The molecule has 0 saturated carbocycles. The normalized spacial score (nSPS) is 20.1. The van der Waals surface area contributed by atoms with E-state index in [1.54, 1.807) is 0 Å². The molecule has 1 unspecified atom stereocenters. The first kappa shape index (κ1) is 15.8. The summed E-state index contributed by atoms with van der Waals surface area (Å²) in [6, 6.07) is 8.67. The number of nitrogens with zero attached hydrogens (tertiary/aromatic N) is 1. The fourth-order valence-electron chi connectivity index (χ4n) is 2.84. The van der Waals surface area contributed by atoms with Crippen LogP contribution in [-0.4, -0.2) is 43.2 Å². The van der Waals surface area contributed by atoms with E-state index in [4.69, 9.17) is 4.74 Å². The van der Waals surface area contributed by atoms with Gasteiger partial charge in [-0.2, -0.15) is 0 Å². The van der Waals surface area contributed by atoms with Crippen LogP contribution in [0.2, 0.25) is 0 Å². The van der Waals surface area contributed by atoms with Gasteiger partial charge in [0.05, 0.1) is 12.7 Å². The number of nitrogens with one attached hydrogen (secondary N) is 1. The van der Waals surface area contributed by atoms with Crippen LogP contribution < -0.4 is 5.32 Å². The third-order valence-corrected chi connectivity index (χ3v) is 4.17. The summed E-state index contributed by atoms with van der Waals surface area (Å²) in [6.45, 7) is 6.87. The average Bonchev–Trinajstić information content (AvgIpc) is 2.73. The maximum Gasteiger partial charge on any atom is 0.337 e. The Balaban J connectivity index is 1.91. The quantitative estimate of drug-likeness (QED) is 0.865. The molecule has 4 nitrogen and oxygen atoms in total. The van der Waals surface area contributed by atoms with Crippen molar-refractivity contribution in [3.8, 4) is 0 Å². The van der Waals surface area contributed by atoms with Crippen molar-refractivity contribution in [1.29, 1.82) is 0 Å². The van der Waals surface area contributed by atoms with Crippen molar-refractivity contribution in [2.75, 3.05) is 25.5 Å². The molecule has 1 heterocycles. The Labute approximate surface area is 127 Å². The molecule has 2 rings (SSSR count). The van der Waals surface area contributed by atoms with E-state index in [1.165, 1.54) is 26.5 Å². The minimum absolute atomic E-state index is 0.288. The molecule has 0 bridgehead atoms. The maximum absolute atomic E-state index is 11.4. The van der Waals surface area contributed by atoms with Crippen molar-refractivity contribution in [2.45, 2.75) is 45.2 Å². The van der Waals surface area contributed by atoms with E-state index in [-0.39, 0.29) is 5.97 Å². The van der Waals surface area contributed by atoms with Crippen LogP contribution in [0, 0.1) is 0 Å². The minimum atomic E-state index is -0.288. The molecule has 1 fully saturated rings. The van der Waals surface area contributed by atoms with E-state index in [2.05, 4.69) is 24.1 Å². The van der Waals surface area contributed by atoms with Gasteiger partial charge in [0.2, 0.25) is 0 Å². The molecule has 0 radical (unpaired) electrons. The third-order valence-electron chi connectivity index (χ3n) is 4.17. The third kappa shape index (κ3) is 4.46. The molecule has 1 saturated heterocycles. The van der Waals surface area contributed by atoms with Crippen LogP contribution in [0.4, 0.5) is 5.69 Å². The monoisotopic (exact) mass is 290 g/mol. The number of anilines is 1. The van der Waals surface area contributed by atoms with Crippen LogP contribution in [0.5, 0.6) is 0 Å². The van der Waals surface area contributed by atoms with E-state index in [0.29, 0.717) is 17.6 Å². The SMILES string of the molecule is COC(=O)c1ccc(NC2CCCN(C(C)C)CC2)cc1. The highest BCUT2D eigenvalue weighted by Crippen LogP contribution is 2.18. The first-order valence-corrected chi connectivity index (χ1v) is 7.79. The predicted molar refractivity (Wildman–Crippen MR) is 85.8 cm³/mol. The number of rotatable bonds is 4. The van der Waals surface area contributed by atoms with Crippen LogP contribution in [0.1, 0.15) is 43.5 Å². The Morgan fingerprint density at radius 1 is 1.24 bits per heavy atom. The highest BCUT2D eigenvalue weighted by atomic mass is 16.5. The van der Waals surface area contributed by atoms with Crippen LogP contribution in [-0.2, 0) is 4.74 Å². The molecule has 21 heavy (non-hydrogen) atoms. The maximum atomic E-state index is 11.4. The Morgan fingerprint density at radius 3 is 2.57 bits per heavy atom. The molecule has 116 valence electrons. The van der Waals surface area contributed by atoms with Crippen molar-refractivity contribution in [1.82, 2.24) is 4.90 Å². The van der Waals surface area contributed by atoms with Gasteiger partial charge in [0.1, 0.15) is 0 Å². The zero-order valence-corrected chi connectivity index (χ0v) is 13.3. The molecule has 0 aromatic heterocycles. The van der Waals surface area contributed by atoms with Gasteiger partial charge in [0.15, 0.2) is 0 Å². The fraction of sp³-hybridized carbons (Fsp3) is 0.588. The van der Waals surface area contributed by atoms with Gasteiger partial charge in [-0.3, -0.25) is 0 Å². The minimum Gasteiger partial charge on any atom is -0.465 e. The van der Waals surface area contributed by atoms with E-state index >= 15 is 0 Å². The Bertz CT molecular complexity index is 456.